The lowest BCUT2D eigenvalue weighted by atomic mass is 10.1. The summed E-state index contributed by atoms with van der Waals surface area (Å²) in [7, 11) is 0. The lowest BCUT2D eigenvalue weighted by molar-refractivity contribution is -0.123. The fraction of sp³-hybridized carbons (Fsp3) is 0.357. The van der Waals surface area contributed by atoms with Crippen LogP contribution in [0.15, 0.2) is 29.4 Å². The Morgan fingerprint density at radius 1 is 1.33 bits per heavy atom. The summed E-state index contributed by atoms with van der Waals surface area (Å²) in [5.74, 6) is -1.27. The molecule has 0 spiro atoms. The second-order valence-corrected chi connectivity index (χ2v) is 4.57. The number of rotatable bonds is 5. The number of carboxylic acids is 1. The van der Waals surface area contributed by atoms with Gasteiger partial charge in [0.2, 0.25) is 0 Å². The summed E-state index contributed by atoms with van der Waals surface area (Å²) < 4.78 is 5.20. The number of aromatic carboxylic acids is 1. The van der Waals surface area contributed by atoms with Gasteiger partial charge >= 0.3 is 5.97 Å². The highest BCUT2D eigenvalue weighted by molar-refractivity contribution is 5.98. The number of carbonyl (C=O) groups is 2. The van der Waals surface area contributed by atoms with Crippen LogP contribution in [0.2, 0.25) is 0 Å². The minimum atomic E-state index is -1.03. The van der Waals surface area contributed by atoms with E-state index in [9.17, 15) is 9.59 Å². The molecule has 2 rings (SSSR count). The van der Waals surface area contributed by atoms with Crippen LogP contribution in [0.5, 0.6) is 0 Å². The van der Waals surface area contributed by atoms with Crippen molar-refractivity contribution in [3.63, 3.8) is 0 Å². The van der Waals surface area contributed by atoms with Gasteiger partial charge in [-0.05, 0) is 6.07 Å². The lowest BCUT2D eigenvalue weighted by Gasteiger charge is -2.25. The van der Waals surface area contributed by atoms with Crippen LogP contribution in [0.25, 0.3) is 0 Å². The molecule has 2 N–H and O–H groups in total. The molecule has 1 aliphatic heterocycles. The quantitative estimate of drug-likeness (QED) is 0.596. The van der Waals surface area contributed by atoms with E-state index in [1.54, 1.807) is 18.2 Å². The molecule has 0 radical (unpaired) electrons. The monoisotopic (exact) mass is 291 g/mol. The Balaban J connectivity index is 1.87. The number of carboxylic acid groups (broad SMARTS) is 1. The van der Waals surface area contributed by atoms with Crippen LogP contribution in [0.4, 0.5) is 0 Å². The highest BCUT2D eigenvalue weighted by atomic mass is 16.5. The number of benzene rings is 1. The fourth-order valence-corrected chi connectivity index (χ4v) is 1.98. The Labute approximate surface area is 122 Å². The number of hydrazone groups is 1. The topological polar surface area (TPSA) is 91.2 Å². The van der Waals surface area contributed by atoms with E-state index in [0.29, 0.717) is 18.8 Å². The third-order valence-electron chi connectivity index (χ3n) is 3.06. The van der Waals surface area contributed by atoms with Gasteiger partial charge in [-0.2, -0.15) is 5.10 Å². The van der Waals surface area contributed by atoms with Gasteiger partial charge in [0.15, 0.2) is 0 Å². The van der Waals surface area contributed by atoms with Gasteiger partial charge in [-0.1, -0.05) is 18.2 Å². The third-order valence-corrected chi connectivity index (χ3v) is 3.06. The van der Waals surface area contributed by atoms with Gasteiger partial charge in [-0.25, -0.2) is 10.2 Å². The number of nitrogens with one attached hydrogen (secondary N) is 1. The summed E-state index contributed by atoms with van der Waals surface area (Å²) in [5.41, 5.74) is 2.98. The van der Waals surface area contributed by atoms with Crippen LogP contribution in [0.1, 0.15) is 15.9 Å². The average molecular weight is 291 g/mol. The maximum absolute atomic E-state index is 11.7. The molecule has 21 heavy (non-hydrogen) atoms. The van der Waals surface area contributed by atoms with Crippen LogP contribution in [-0.4, -0.2) is 60.9 Å². The molecule has 0 unspecified atom stereocenters. The molecular weight excluding hydrogens is 274 g/mol. The molecule has 1 fully saturated rings. The van der Waals surface area contributed by atoms with E-state index in [0.717, 1.165) is 13.1 Å². The summed E-state index contributed by atoms with van der Waals surface area (Å²) >= 11 is 0. The molecule has 1 aromatic rings. The van der Waals surface area contributed by atoms with E-state index >= 15 is 0 Å². The summed E-state index contributed by atoms with van der Waals surface area (Å²) in [6.07, 6.45) is 1.33. The molecule has 0 saturated carbocycles. The third kappa shape index (κ3) is 4.66. The van der Waals surface area contributed by atoms with Crippen molar-refractivity contribution in [3.05, 3.63) is 35.4 Å². The van der Waals surface area contributed by atoms with E-state index < -0.39 is 5.97 Å². The Bertz CT molecular complexity index is 539. The van der Waals surface area contributed by atoms with Gasteiger partial charge in [0, 0.05) is 18.7 Å². The molecule has 1 aliphatic rings. The van der Waals surface area contributed by atoms with Crippen LogP contribution < -0.4 is 5.43 Å². The molecule has 0 atom stereocenters. The SMILES string of the molecule is O=C(CN1CCOCC1)N/N=C\c1ccccc1C(=O)O. The number of ether oxygens (including phenoxy) is 1. The first kappa shape index (κ1) is 15.1. The Kier molecular flexibility index (Phi) is 5.42. The smallest absolute Gasteiger partial charge is 0.336 e. The number of hydrogen-bond acceptors (Lipinski definition) is 5. The van der Waals surface area contributed by atoms with Gasteiger partial charge < -0.3 is 9.84 Å². The molecule has 0 bridgehead atoms. The van der Waals surface area contributed by atoms with E-state index in [4.69, 9.17) is 9.84 Å². The highest BCUT2D eigenvalue weighted by Gasteiger charge is 2.13. The second-order valence-electron chi connectivity index (χ2n) is 4.57. The molecule has 1 amide bonds. The van der Waals surface area contributed by atoms with E-state index in [2.05, 4.69) is 10.5 Å². The number of hydrogen-bond donors (Lipinski definition) is 2. The summed E-state index contributed by atoms with van der Waals surface area (Å²) in [5, 5.41) is 12.8. The zero-order valence-electron chi connectivity index (χ0n) is 11.5. The Hall–Kier alpha value is -2.25. The zero-order valence-corrected chi connectivity index (χ0v) is 11.5. The maximum atomic E-state index is 11.7. The highest BCUT2D eigenvalue weighted by Crippen LogP contribution is 2.05. The van der Waals surface area contributed by atoms with Crippen molar-refractivity contribution in [3.8, 4) is 0 Å². The van der Waals surface area contributed by atoms with Crippen molar-refractivity contribution in [1.82, 2.24) is 10.3 Å². The first-order valence-corrected chi connectivity index (χ1v) is 6.61. The van der Waals surface area contributed by atoms with Crippen LogP contribution >= 0.6 is 0 Å². The molecule has 0 aromatic heterocycles. The van der Waals surface area contributed by atoms with Crippen LogP contribution in [0, 0.1) is 0 Å². The Morgan fingerprint density at radius 3 is 2.76 bits per heavy atom. The van der Waals surface area contributed by atoms with Crippen LogP contribution in [0.3, 0.4) is 0 Å². The predicted molar refractivity (Wildman–Crippen MR) is 76.4 cm³/mol. The van der Waals surface area contributed by atoms with Crippen molar-refractivity contribution in [2.75, 3.05) is 32.8 Å². The molecule has 7 nitrogen and oxygen atoms in total. The number of amides is 1. The maximum Gasteiger partial charge on any atom is 0.336 e. The second kappa shape index (κ2) is 7.51. The first-order chi connectivity index (χ1) is 10.2. The number of morpholine rings is 1. The Morgan fingerprint density at radius 2 is 2.05 bits per heavy atom. The lowest BCUT2D eigenvalue weighted by Crippen LogP contribution is -2.42. The first-order valence-electron chi connectivity index (χ1n) is 6.61. The zero-order chi connectivity index (χ0) is 15.1. The number of carbonyl (C=O) groups excluding carboxylic acids is 1. The van der Waals surface area contributed by atoms with Crippen LogP contribution in [-0.2, 0) is 9.53 Å². The van der Waals surface area contributed by atoms with E-state index in [-0.39, 0.29) is 18.0 Å². The van der Waals surface area contributed by atoms with Gasteiger partial charge in [0.1, 0.15) is 0 Å². The molecule has 0 aliphatic carbocycles. The summed E-state index contributed by atoms with van der Waals surface area (Å²) in [6.45, 7) is 2.95. The normalized spacial score (nSPS) is 16.0. The summed E-state index contributed by atoms with van der Waals surface area (Å²) in [6, 6.07) is 6.46. The minimum absolute atomic E-state index is 0.142. The molecule has 1 aromatic carbocycles. The molecule has 1 saturated heterocycles. The fourth-order valence-electron chi connectivity index (χ4n) is 1.98. The molecular formula is C14H17N3O4. The summed E-state index contributed by atoms with van der Waals surface area (Å²) in [4.78, 5) is 24.7. The number of nitrogens with zero attached hydrogens (tertiary/aromatic N) is 2. The van der Waals surface area contributed by atoms with Crippen molar-refractivity contribution in [2.45, 2.75) is 0 Å². The van der Waals surface area contributed by atoms with Crippen molar-refractivity contribution >= 4 is 18.1 Å². The van der Waals surface area contributed by atoms with Gasteiger partial charge in [-0.3, -0.25) is 9.69 Å². The minimum Gasteiger partial charge on any atom is -0.478 e. The van der Waals surface area contributed by atoms with Crippen molar-refractivity contribution < 1.29 is 19.4 Å². The molecule has 1 heterocycles. The van der Waals surface area contributed by atoms with Gasteiger partial charge in [-0.15, -0.1) is 0 Å². The molecule has 112 valence electrons. The predicted octanol–water partition coefficient (Wildman–Crippen LogP) is 0.167. The van der Waals surface area contributed by atoms with E-state index in [1.807, 2.05) is 4.90 Å². The average Bonchev–Trinajstić information content (AvgIpc) is 2.48. The van der Waals surface area contributed by atoms with Crippen molar-refractivity contribution in [2.24, 2.45) is 5.10 Å². The largest absolute Gasteiger partial charge is 0.478 e. The molecule has 7 heteroatoms. The van der Waals surface area contributed by atoms with Crippen molar-refractivity contribution in [1.29, 1.82) is 0 Å². The van der Waals surface area contributed by atoms with E-state index in [1.165, 1.54) is 12.3 Å². The standard InChI is InChI=1S/C14H17N3O4/c18-13(10-17-5-7-21-8-6-17)16-15-9-11-3-1-2-4-12(11)14(19)20/h1-4,9H,5-8,10H2,(H,16,18)(H,19,20)/b15-9-. The van der Waals surface area contributed by atoms with Gasteiger partial charge in [0.05, 0.1) is 31.5 Å². The van der Waals surface area contributed by atoms with Gasteiger partial charge in [0.25, 0.3) is 5.91 Å².